The highest BCUT2D eigenvalue weighted by Crippen LogP contribution is 2.34. The lowest BCUT2D eigenvalue weighted by molar-refractivity contribution is 0.0866. The van der Waals surface area contributed by atoms with Crippen LogP contribution in [0.4, 0.5) is 0 Å². The van der Waals surface area contributed by atoms with Crippen LogP contribution in [0.15, 0.2) is 24.3 Å². The zero-order valence-electron chi connectivity index (χ0n) is 11.4. The summed E-state index contributed by atoms with van der Waals surface area (Å²) in [5.74, 6) is 1.52. The van der Waals surface area contributed by atoms with E-state index in [2.05, 4.69) is 5.10 Å². The summed E-state index contributed by atoms with van der Waals surface area (Å²) in [5.41, 5.74) is 1.46. The second-order valence-electron chi connectivity index (χ2n) is 5.08. The van der Waals surface area contributed by atoms with Gasteiger partial charge in [0.05, 0.1) is 5.69 Å². The van der Waals surface area contributed by atoms with Gasteiger partial charge in [0, 0.05) is 10.9 Å². The number of ether oxygens (including phenoxy) is 1. The highest BCUT2D eigenvalue weighted by Gasteiger charge is 2.33. The van der Waals surface area contributed by atoms with Crippen LogP contribution in [-0.4, -0.2) is 15.7 Å². The second kappa shape index (κ2) is 4.94. The fourth-order valence-electron chi connectivity index (χ4n) is 2.11. The predicted octanol–water partition coefficient (Wildman–Crippen LogP) is 4.00. The lowest BCUT2D eigenvalue weighted by Gasteiger charge is -2.06. The number of carbonyl (C=O) groups excluding carboxylic acids is 1. The minimum absolute atomic E-state index is 0.0663. The third-order valence-corrected chi connectivity index (χ3v) is 3.65. The van der Waals surface area contributed by atoms with E-state index < -0.39 is 0 Å². The Balaban J connectivity index is 1.89. The molecule has 2 aromatic rings. The van der Waals surface area contributed by atoms with Crippen LogP contribution in [0, 0.1) is 19.8 Å². The number of hydrogen-bond acceptors (Lipinski definition) is 3. The average molecular weight is 291 g/mol. The Hall–Kier alpha value is -1.81. The molecule has 0 aliphatic heterocycles. The second-order valence-corrected chi connectivity index (χ2v) is 5.52. The summed E-state index contributed by atoms with van der Waals surface area (Å²) in [6.45, 7) is 3.69. The zero-order chi connectivity index (χ0) is 14.3. The first kappa shape index (κ1) is 13.2. The minimum atomic E-state index is 0.0663. The van der Waals surface area contributed by atoms with E-state index in [9.17, 15) is 4.79 Å². The largest absolute Gasteiger partial charge is 0.453 e. The van der Waals surface area contributed by atoms with Gasteiger partial charge in [-0.1, -0.05) is 11.6 Å². The first-order valence-corrected chi connectivity index (χ1v) is 6.98. The van der Waals surface area contributed by atoms with Gasteiger partial charge < -0.3 is 4.74 Å². The van der Waals surface area contributed by atoms with Crippen LogP contribution in [0.25, 0.3) is 0 Å². The van der Waals surface area contributed by atoms with Gasteiger partial charge in [-0.05, 0) is 51.0 Å². The molecule has 1 heterocycles. The molecular weight excluding hydrogens is 276 g/mol. The summed E-state index contributed by atoms with van der Waals surface area (Å²) in [6, 6.07) is 7.12. The Bertz CT molecular complexity index is 657. The van der Waals surface area contributed by atoms with Crippen molar-refractivity contribution in [1.29, 1.82) is 0 Å². The molecule has 0 spiro atoms. The SMILES string of the molecule is Cc1nn(C(=O)C2CC2)c(C)c1Oc1ccc(Cl)cc1. The third-order valence-electron chi connectivity index (χ3n) is 3.39. The van der Waals surface area contributed by atoms with Crippen molar-refractivity contribution < 1.29 is 9.53 Å². The highest BCUT2D eigenvalue weighted by molar-refractivity contribution is 6.30. The summed E-state index contributed by atoms with van der Waals surface area (Å²) in [6.07, 6.45) is 1.93. The van der Waals surface area contributed by atoms with Gasteiger partial charge in [-0.25, -0.2) is 4.68 Å². The molecule has 0 N–H and O–H groups in total. The number of halogens is 1. The van der Waals surface area contributed by atoms with E-state index in [-0.39, 0.29) is 11.8 Å². The molecule has 3 rings (SSSR count). The molecule has 5 heteroatoms. The molecule has 1 aromatic carbocycles. The van der Waals surface area contributed by atoms with Crippen LogP contribution in [0.1, 0.15) is 29.0 Å². The van der Waals surface area contributed by atoms with Gasteiger partial charge in [-0.15, -0.1) is 0 Å². The Labute approximate surface area is 122 Å². The van der Waals surface area contributed by atoms with Crippen LogP contribution in [-0.2, 0) is 0 Å². The molecule has 0 bridgehead atoms. The van der Waals surface area contributed by atoms with E-state index in [0.717, 1.165) is 18.5 Å². The molecule has 0 unspecified atom stereocenters. The quantitative estimate of drug-likeness (QED) is 0.858. The molecule has 0 amide bonds. The summed E-state index contributed by atoms with van der Waals surface area (Å²) in [7, 11) is 0. The number of carbonyl (C=O) groups is 1. The number of hydrogen-bond donors (Lipinski definition) is 0. The molecule has 0 radical (unpaired) electrons. The lowest BCUT2D eigenvalue weighted by Crippen LogP contribution is -2.15. The van der Waals surface area contributed by atoms with Crippen molar-refractivity contribution in [1.82, 2.24) is 9.78 Å². The van der Waals surface area contributed by atoms with E-state index in [1.54, 1.807) is 24.3 Å². The Morgan fingerprint density at radius 2 is 1.95 bits per heavy atom. The third kappa shape index (κ3) is 2.43. The van der Waals surface area contributed by atoms with Crippen molar-refractivity contribution in [3.8, 4) is 11.5 Å². The van der Waals surface area contributed by atoms with Crippen molar-refractivity contribution in [3.63, 3.8) is 0 Å². The standard InChI is InChI=1S/C15H15ClN2O2/c1-9-14(20-13-7-5-12(16)6-8-13)10(2)18(17-9)15(19)11-3-4-11/h5-8,11H,3-4H2,1-2H3. The topological polar surface area (TPSA) is 44.1 Å². The average Bonchev–Trinajstić information content (AvgIpc) is 3.23. The molecule has 1 aliphatic rings. The predicted molar refractivity (Wildman–Crippen MR) is 76.6 cm³/mol. The Morgan fingerprint density at radius 3 is 2.55 bits per heavy atom. The zero-order valence-corrected chi connectivity index (χ0v) is 12.1. The fourth-order valence-corrected chi connectivity index (χ4v) is 2.24. The van der Waals surface area contributed by atoms with E-state index in [4.69, 9.17) is 16.3 Å². The summed E-state index contributed by atoms with van der Waals surface area (Å²) >= 11 is 5.85. The summed E-state index contributed by atoms with van der Waals surface area (Å²) in [4.78, 5) is 12.1. The molecule has 104 valence electrons. The summed E-state index contributed by atoms with van der Waals surface area (Å²) < 4.78 is 7.30. The molecular formula is C15H15ClN2O2. The van der Waals surface area contributed by atoms with E-state index in [0.29, 0.717) is 22.2 Å². The van der Waals surface area contributed by atoms with E-state index >= 15 is 0 Å². The Morgan fingerprint density at radius 1 is 1.30 bits per heavy atom. The first-order valence-electron chi connectivity index (χ1n) is 6.60. The fraction of sp³-hybridized carbons (Fsp3) is 0.333. The molecule has 1 fully saturated rings. The lowest BCUT2D eigenvalue weighted by atomic mass is 10.3. The molecule has 1 aromatic heterocycles. The van der Waals surface area contributed by atoms with Gasteiger partial charge in [-0.2, -0.15) is 5.10 Å². The smallest absolute Gasteiger partial charge is 0.250 e. The Kier molecular flexibility index (Phi) is 3.26. The maximum atomic E-state index is 12.1. The molecule has 4 nitrogen and oxygen atoms in total. The molecule has 1 saturated carbocycles. The number of aromatic nitrogens is 2. The van der Waals surface area contributed by atoms with Gasteiger partial charge in [0.1, 0.15) is 11.4 Å². The van der Waals surface area contributed by atoms with E-state index in [1.165, 1.54) is 4.68 Å². The molecule has 0 saturated heterocycles. The van der Waals surface area contributed by atoms with Crippen LogP contribution in [0.3, 0.4) is 0 Å². The van der Waals surface area contributed by atoms with Gasteiger partial charge in [0.25, 0.3) is 0 Å². The van der Waals surface area contributed by atoms with Crippen molar-refractivity contribution in [2.45, 2.75) is 26.7 Å². The maximum Gasteiger partial charge on any atom is 0.250 e. The number of nitrogens with zero attached hydrogens (tertiary/aromatic N) is 2. The van der Waals surface area contributed by atoms with Gasteiger partial charge >= 0.3 is 0 Å². The molecule has 20 heavy (non-hydrogen) atoms. The maximum absolute atomic E-state index is 12.1. The minimum Gasteiger partial charge on any atom is -0.453 e. The normalized spacial score (nSPS) is 14.3. The van der Waals surface area contributed by atoms with Gasteiger partial charge in [-0.3, -0.25) is 4.79 Å². The van der Waals surface area contributed by atoms with Crippen molar-refractivity contribution in [2.75, 3.05) is 0 Å². The van der Waals surface area contributed by atoms with Crippen LogP contribution in [0.2, 0.25) is 5.02 Å². The number of benzene rings is 1. The van der Waals surface area contributed by atoms with Crippen LogP contribution < -0.4 is 4.74 Å². The summed E-state index contributed by atoms with van der Waals surface area (Å²) in [5, 5.41) is 4.96. The number of rotatable bonds is 3. The van der Waals surface area contributed by atoms with Gasteiger partial charge in [0.2, 0.25) is 5.91 Å². The molecule has 1 aliphatic carbocycles. The van der Waals surface area contributed by atoms with E-state index in [1.807, 2.05) is 13.8 Å². The molecule has 0 atom stereocenters. The van der Waals surface area contributed by atoms with Crippen molar-refractivity contribution in [2.24, 2.45) is 5.92 Å². The van der Waals surface area contributed by atoms with Crippen LogP contribution in [0.5, 0.6) is 11.5 Å². The first-order chi connectivity index (χ1) is 9.56. The van der Waals surface area contributed by atoms with Crippen LogP contribution >= 0.6 is 11.6 Å². The highest BCUT2D eigenvalue weighted by atomic mass is 35.5. The monoisotopic (exact) mass is 290 g/mol. The van der Waals surface area contributed by atoms with Gasteiger partial charge in [0.15, 0.2) is 5.75 Å². The number of aryl methyl sites for hydroxylation is 1. The van der Waals surface area contributed by atoms with Crippen molar-refractivity contribution in [3.05, 3.63) is 40.7 Å². The van der Waals surface area contributed by atoms with Crippen molar-refractivity contribution >= 4 is 17.5 Å².